The molecule has 0 unspecified atom stereocenters. The average molecular weight is 228 g/mol. The minimum Gasteiger partial charge on any atom is -0.481 e. The third kappa shape index (κ3) is 3.99. The highest BCUT2D eigenvalue weighted by Gasteiger charge is 2.12. The molecule has 1 heterocycles. The summed E-state index contributed by atoms with van der Waals surface area (Å²) in [5, 5.41) is 10.4. The monoisotopic (exact) mass is 228 g/mol. The number of carbonyl (C=O) groups is 2. The number of carboxylic acid groups (broad SMARTS) is 1. The highest BCUT2D eigenvalue weighted by Crippen LogP contribution is 2.11. The molecular weight excluding hydrogens is 216 g/mol. The van der Waals surface area contributed by atoms with E-state index in [1.165, 1.54) is 16.2 Å². The summed E-state index contributed by atoms with van der Waals surface area (Å²) in [6.45, 7) is 0.517. The Morgan fingerprint density at radius 1 is 1.53 bits per heavy atom. The standard InChI is InChI=1S/C9H12N2O3S/c10-9(14)11(4-3-8(12)13)6-7-2-1-5-15-7/h1-2,5H,3-4,6H2,(H2,10,14)(H,12,13). The molecule has 0 fully saturated rings. The van der Waals surface area contributed by atoms with Gasteiger partial charge in [-0.2, -0.15) is 0 Å². The number of primary amides is 1. The summed E-state index contributed by atoms with van der Waals surface area (Å²) in [5.41, 5.74) is 5.14. The third-order valence-electron chi connectivity index (χ3n) is 1.83. The van der Waals surface area contributed by atoms with Crippen molar-refractivity contribution in [1.82, 2.24) is 4.90 Å². The number of carboxylic acids is 1. The lowest BCUT2D eigenvalue weighted by atomic mass is 10.3. The van der Waals surface area contributed by atoms with E-state index in [2.05, 4.69) is 0 Å². The number of nitrogens with zero attached hydrogens (tertiary/aromatic N) is 1. The number of hydrogen-bond acceptors (Lipinski definition) is 3. The van der Waals surface area contributed by atoms with Crippen LogP contribution in [-0.2, 0) is 11.3 Å². The van der Waals surface area contributed by atoms with Gasteiger partial charge in [0.2, 0.25) is 0 Å². The van der Waals surface area contributed by atoms with Crippen molar-refractivity contribution in [1.29, 1.82) is 0 Å². The van der Waals surface area contributed by atoms with Gasteiger partial charge >= 0.3 is 12.0 Å². The Kier molecular flexibility index (Phi) is 4.11. The largest absolute Gasteiger partial charge is 0.481 e. The predicted molar refractivity (Wildman–Crippen MR) is 56.6 cm³/mol. The van der Waals surface area contributed by atoms with Crippen molar-refractivity contribution < 1.29 is 14.7 Å². The van der Waals surface area contributed by atoms with Crippen LogP contribution in [0.15, 0.2) is 17.5 Å². The van der Waals surface area contributed by atoms with Crippen LogP contribution in [0.25, 0.3) is 0 Å². The summed E-state index contributed by atoms with van der Waals surface area (Å²) < 4.78 is 0. The number of hydrogen-bond donors (Lipinski definition) is 2. The molecule has 0 aromatic carbocycles. The molecule has 0 aliphatic carbocycles. The Morgan fingerprint density at radius 3 is 2.73 bits per heavy atom. The summed E-state index contributed by atoms with van der Waals surface area (Å²) >= 11 is 1.51. The van der Waals surface area contributed by atoms with E-state index < -0.39 is 12.0 Å². The lowest BCUT2D eigenvalue weighted by Gasteiger charge is -2.18. The van der Waals surface area contributed by atoms with Gasteiger partial charge in [0.05, 0.1) is 13.0 Å². The number of urea groups is 1. The molecule has 0 aliphatic rings. The molecule has 3 N–H and O–H groups in total. The first-order valence-corrected chi connectivity index (χ1v) is 5.26. The molecule has 1 rings (SSSR count). The van der Waals surface area contributed by atoms with E-state index in [0.717, 1.165) is 4.88 Å². The van der Waals surface area contributed by atoms with Crippen LogP contribution >= 0.6 is 11.3 Å². The van der Waals surface area contributed by atoms with E-state index in [0.29, 0.717) is 6.54 Å². The Hall–Kier alpha value is -1.56. The fourth-order valence-electron chi connectivity index (χ4n) is 1.09. The van der Waals surface area contributed by atoms with E-state index in [1.54, 1.807) is 0 Å². The highest BCUT2D eigenvalue weighted by molar-refractivity contribution is 7.09. The lowest BCUT2D eigenvalue weighted by molar-refractivity contribution is -0.137. The number of rotatable bonds is 5. The van der Waals surface area contributed by atoms with Crippen molar-refractivity contribution in [2.24, 2.45) is 5.73 Å². The maximum Gasteiger partial charge on any atom is 0.315 e. The first kappa shape index (κ1) is 11.5. The Labute approximate surface area is 91.1 Å². The second-order valence-electron chi connectivity index (χ2n) is 2.98. The van der Waals surface area contributed by atoms with Gasteiger partial charge in [0, 0.05) is 11.4 Å². The Bertz CT molecular complexity index is 337. The van der Waals surface area contributed by atoms with Gasteiger partial charge < -0.3 is 15.7 Å². The molecule has 6 heteroatoms. The quantitative estimate of drug-likeness (QED) is 0.791. The second-order valence-corrected chi connectivity index (χ2v) is 4.02. The Balaban J connectivity index is 2.51. The fourth-order valence-corrected chi connectivity index (χ4v) is 1.81. The van der Waals surface area contributed by atoms with Gasteiger partial charge in [0.25, 0.3) is 0 Å². The van der Waals surface area contributed by atoms with E-state index >= 15 is 0 Å². The number of carbonyl (C=O) groups excluding carboxylic acids is 1. The summed E-state index contributed by atoms with van der Waals surface area (Å²) in [7, 11) is 0. The van der Waals surface area contributed by atoms with Crippen molar-refractivity contribution in [3.05, 3.63) is 22.4 Å². The summed E-state index contributed by atoms with van der Waals surface area (Å²) in [5.74, 6) is -0.938. The number of thiophene rings is 1. The van der Waals surface area contributed by atoms with Gasteiger partial charge in [-0.25, -0.2) is 4.79 Å². The molecule has 0 spiro atoms. The van der Waals surface area contributed by atoms with E-state index in [1.807, 2.05) is 17.5 Å². The topological polar surface area (TPSA) is 83.6 Å². The molecule has 1 aromatic heterocycles. The maximum atomic E-state index is 11.0. The molecule has 82 valence electrons. The first-order valence-electron chi connectivity index (χ1n) is 4.38. The molecule has 0 atom stereocenters. The second kappa shape index (κ2) is 5.35. The zero-order valence-corrected chi connectivity index (χ0v) is 8.87. The molecule has 0 bridgehead atoms. The predicted octanol–water partition coefficient (Wildman–Crippen LogP) is 1.10. The van der Waals surface area contributed by atoms with Gasteiger partial charge in [0.1, 0.15) is 0 Å². The fraction of sp³-hybridized carbons (Fsp3) is 0.333. The van der Waals surface area contributed by atoms with Crippen molar-refractivity contribution >= 4 is 23.3 Å². The van der Waals surface area contributed by atoms with Gasteiger partial charge in [0.15, 0.2) is 0 Å². The van der Waals surface area contributed by atoms with Crippen molar-refractivity contribution in [3.63, 3.8) is 0 Å². The van der Waals surface area contributed by atoms with Crippen LogP contribution < -0.4 is 5.73 Å². The average Bonchev–Trinajstić information content (AvgIpc) is 2.63. The molecule has 0 aliphatic heterocycles. The molecule has 15 heavy (non-hydrogen) atoms. The van der Waals surface area contributed by atoms with Crippen LogP contribution in [0.5, 0.6) is 0 Å². The third-order valence-corrected chi connectivity index (χ3v) is 2.70. The van der Waals surface area contributed by atoms with Crippen molar-refractivity contribution in [2.45, 2.75) is 13.0 Å². The molecule has 2 amide bonds. The van der Waals surface area contributed by atoms with Gasteiger partial charge in [-0.1, -0.05) is 6.07 Å². The smallest absolute Gasteiger partial charge is 0.315 e. The van der Waals surface area contributed by atoms with E-state index in [4.69, 9.17) is 10.8 Å². The summed E-state index contributed by atoms with van der Waals surface area (Å²) in [6, 6.07) is 3.15. The zero-order chi connectivity index (χ0) is 11.3. The van der Waals surface area contributed by atoms with Gasteiger partial charge in [-0.05, 0) is 11.4 Å². The van der Waals surface area contributed by atoms with Crippen molar-refractivity contribution in [3.8, 4) is 0 Å². The molecule has 1 aromatic rings. The number of aliphatic carboxylic acids is 1. The van der Waals surface area contributed by atoms with Crippen LogP contribution in [0.3, 0.4) is 0 Å². The zero-order valence-electron chi connectivity index (χ0n) is 8.05. The van der Waals surface area contributed by atoms with Crippen LogP contribution in [0.2, 0.25) is 0 Å². The summed E-state index contributed by atoms with van der Waals surface area (Å²) in [6.07, 6.45) is -0.0890. The number of nitrogens with two attached hydrogens (primary N) is 1. The maximum absolute atomic E-state index is 11.0. The van der Waals surface area contributed by atoms with E-state index in [-0.39, 0.29) is 13.0 Å². The van der Waals surface area contributed by atoms with Crippen molar-refractivity contribution in [2.75, 3.05) is 6.54 Å². The van der Waals surface area contributed by atoms with Gasteiger partial charge in [-0.3, -0.25) is 4.79 Å². The molecule has 0 radical (unpaired) electrons. The minimum absolute atomic E-state index is 0.0890. The van der Waals surface area contributed by atoms with Gasteiger partial charge in [-0.15, -0.1) is 11.3 Å². The van der Waals surface area contributed by atoms with Crippen LogP contribution in [0.4, 0.5) is 4.79 Å². The van der Waals surface area contributed by atoms with Crippen LogP contribution in [-0.4, -0.2) is 28.6 Å². The van der Waals surface area contributed by atoms with Crippen LogP contribution in [0.1, 0.15) is 11.3 Å². The van der Waals surface area contributed by atoms with E-state index in [9.17, 15) is 9.59 Å². The first-order chi connectivity index (χ1) is 7.09. The molecule has 0 saturated heterocycles. The SMILES string of the molecule is NC(=O)N(CCC(=O)O)Cc1cccs1. The normalized spacial score (nSPS) is 9.87. The minimum atomic E-state index is -0.938. The Morgan fingerprint density at radius 2 is 2.27 bits per heavy atom. The molecular formula is C9H12N2O3S. The summed E-state index contributed by atoms with van der Waals surface area (Å²) in [4.78, 5) is 23.7. The number of amides is 2. The molecule has 5 nitrogen and oxygen atoms in total. The van der Waals surface area contributed by atoms with Crippen LogP contribution in [0, 0.1) is 0 Å². The molecule has 0 saturated carbocycles. The highest BCUT2D eigenvalue weighted by atomic mass is 32.1. The lowest BCUT2D eigenvalue weighted by Crippen LogP contribution is -2.36.